The van der Waals surface area contributed by atoms with Gasteiger partial charge < -0.3 is 4.74 Å². The number of halogens is 3. The Morgan fingerprint density at radius 1 is 1.11 bits per heavy atom. The highest BCUT2D eigenvalue weighted by Gasteiger charge is 2.31. The molecule has 0 spiro atoms. The maximum Gasteiger partial charge on any atom is 0.343 e. The third-order valence-corrected chi connectivity index (χ3v) is 7.39. The van der Waals surface area contributed by atoms with E-state index in [0.29, 0.717) is 18.1 Å². The molecule has 1 fully saturated rings. The molecule has 3 rings (SSSR count). The van der Waals surface area contributed by atoms with Crippen LogP contribution in [0.25, 0.3) is 0 Å². The summed E-state index contributed by atoms with van der Waals surface area (Å²) in [7, 11) is -3.82. The molecule has 0 saturated carbocycles. The quantitative estimate of drug-likeness (QED) is 0.458. The minimum absolute atomic E-state index is 0.0454. The van der Waals surface area contributed by atoms with Crippen molar-refractivity contribution in [3.63, 3.8) is 0 Å². The molecule has 1 saturated heterocycles. The van der Waals surface area contributed by atoms with E-state index in [4.69, 9.17) is 39.5 Å². The molecule has 0 aromatic heterocycles. The van der Waals surface area contributed by atoms with Gasteiger partial charge in [0, 0.05) is 24.2 Å². The Labute approximate surface area is 179 Å². The molecule has 1 atom stereocenters. The average molecular weight is 463 g/mol. The normalized spacial score (nSPS) is 18.1. The molecule has 2 aromatic carbocycles. The highest BCUT2D eigenvalue weighted by Crippen LogP contribution is 2.31. The highest BCUT2D eigenvalue weighted by molar-refractivity contribution is 7.89. The molecule has 2 aromatic rings. The first-order valence-electron chi connectivity index (χ1n) is 8.65. The summed E-state index contributed by atoms with van der Waals surface area (Å²) in [5.41, 5.74) is 0.0454. The van der Waals surface area contributed by atoms with Crippen molar-refractivity contribution < 1.29 is 17.9 Å². The SMILES string of the molecule is CC1CCCN(S(=O)(=O)c2cc(C(=O)Oc3cc(Cl)ccc3Cl)ccc2Cl)C1. The Bertz CT molecular complexity index is 1010. The molecule has 0 bridgehead atoms. The number of hydrogen-bond acceptors (Lipinski definition) is 4. The van der Waals surface area contributed by atoms with E-state index in [1.165, 1.54) is 34.6 Å². The lowest BCUT2D eigenvalue weighted by atomic mass is 10.0. The molecule has 9 heteroatoms. The zero-order chi connectivity index (χ0) is 20.5. The minimum Gasteiger partial charge on any atom is -0.421 e. The number of nitrogens with zero attached hydrogens (tertiary/aromatic N) is 1. The first kappa shape index (κ1) is 21.4. The predicted octanol–water partition coefficient (Wildman–Crippen LogP) is 5.29. The summed E-state index contributed by atoms with van der Waals surface area (Å²) in [6.45, 7) is 2.85. The van der Waals surface area contributed by atoms with E-state index in [-0.39, 0.29) is 32.2 Å². The van der Waals surface area contributed by atoms with Crippen LogP contribution in [0.15, 0.2) is 41.3 Å². The summed E-state index contributed by atoms with van der Waals surface area (Å²) >= 11 is 18.1. The molecule has 150 valence electrons. The summed E-state index contributed by atoms with van der Waals surface area (Å²) in [4.78, 5) is 12.4. The third-order valence-electron chi connectivity index (χ3n) is 4.50. The smallest absolute Gasteiger partial charge is 0.343 e. The largest absolute Gasteiger partial charge is 0.421 e. The molecule has 1 aliphatic rings. The first-order chi connectivity index (χ1) is 13.2. The van der Waals surface area contributed by atoms with E-state index < -0.39 is 16.0 Å². The Morgan fingerprint density at radius 3 is 2.54 bits per heavy atom. The first-order valence-corrected chi connectivity index (χ1v) is 11.2. The van der Waals surface area contributed by atoms with Gasteiger partial charge in [-0.15, -0.1) is 0 Å². The summed E-state index contributed by atoms with van der Waals surface area (Å²) < 4.78 is 32.8. The lowest BCUT2D eigenvalue weighted by Crippen LogP contribution is -2.39. The topological polar surface area (TPSA) is 63.7 Å². The van der Waals surface area contributed by atoms with Crippen molar-refractivity contribution in [2.75, 3.05) is 13.1 Å². The second-order valence-electron chi connectivity index (χ2n) is 6.72. The van der Waals surface area contributed by atoms with Crippen molar-refractivity contribution in [2.45, 2.75) is 24.7 Å². The van der Waals surface area contributed by atoms with E-state index in [0.717, 1.165) is 12.8 Å². The Morgan fingerprint density at radius 2 is 1.82 bits per heavy atom. The second-order valence-corrected chi connectivity index (χ2v) is 9.88. The van der Waals surface area contributed by atoms with Crippen LogP contribution in [0.4, 0.5) is 0 Å². The maximum absolute atomic E-state index is 13.0. The van der Waals surface area contributed by atoms with E-state index in [9.17, 15) is 13.2 Å². The number of ether oxygens (including phenoxy) is 1. The van der Waals surface area contributed by atoms with Crippen LogP contribution in [-0.4, -0.2) is 31.8 Å². The molecule has 1 unspecified atom stereocenters. The molecule has 1 aliphatic heterocycles. The Kier molecular flexibility index (Phi) is 6.57. The average Bonchev–Trinajstić information content (AvgIpc) is 2.65. The van der Waals surface area contributed by atoms with Crippen LogP contribution in [-0.2, 0) is 10.0 Å². The van der Waals surface area contributed by atoms with Gasteiger partial charge in [-0.1, -0.05) is 41.7 Å². The highest BCUT2D eigenvalue weighted by atomic mass is 35.5. The van der Waals surface area contributed by atoms with Crippen molar-refractivity contribution >= 4 is 50.8 Å². The number of hydrogen-bond donors (Lipinski definition) is 0. The number of carbonyl (C=O) groups is 1. The van der Waals surface area contributed by atoms with Crippen molar-refractivity contribution in [1.82, 2.24) is 4.31 Å². The van der Waals surface area contributed by atoms with Gasteiger partial charge in [-0.2, -0.15) is 4.31 Å². The minimum atomic E-state index is -3.82. The number of rotatable bonds is 4. The summed E-state index contributed by atoms with van der Waals surface area (Å²) in [5.74, 6) is -0.409. The van der Waals surface area contributed by atoms with Crippen LogP contribution >= 0.6 is 34.8 Å². The van der Waals surface area contributed by atoms with Gasteiger partial charge in [0.05, 0.1) is 15.6 Å². The molecule has 0 radical (unpaired) electrons. The molecule has 0 N–H and O–H groups in total. The van der Waals surface area contributed by atoms with Crippen LogP contribution in [0.5, 0.6) is 5.75 Å². The van der Waals surface area contributed by atoms with E-state index in [2.05, 4.69) is 0 Å². The van der Waals surface area contributed by atoms with Gasteiger partial charge >= 0.3 is 5.97 Å². The summed E-state index contributed by atoms with van der Waals surface area (Å²) in [6.07, 6.45) is 1.76. The lowest BCUT2D eigenvalue weighted by Gasteiger charge is -2.30. The molecular weight excluding hydrogens is 445 g/mol. The third kappa shape index (κ3) is 4.63. The number of benzene rings is 2. The van der Waals surface area contributed by atoms with Crippen LogP contribution in [0.3, 0.4) is 0 Å². The van der Waals surface area contributed by atoms with Gasteiger partial charge in [0.25, 0.3) is 0 Å². The number of sulfonamides is 1. The molecule has 0 aliphatic carbocycles. The van der Waals surface area contributed by atoms with Crippen LogP contribution in [0, 0.1) is 5.92 Å². The Hall–Kier alpha value is -1.31. The summed E-state index contributed by atoms with van der Waals surface area (Å²) in [6, 6.07) is 8.48. The molecule has 28 heavy (non-hydrogen) atoms. The maximum atomic E-state index is 13.0. The fourth-order valence-electron chi connectivity index (χ4n) is 3.05. The van der Waals surface area contributed by atoms with E-state index in [1.807, 2.05) is 6.92 Å². The monoisotopic (exact) mass is 461 g/mol. The zero-order valence-electron chi connectivity index (χ0n) is 15.0. The van der Waals surface area contributed by atoms with Gasteiger partial charge in [-0.3, -0.25) is 0 Å². The van der Waals surface area contributed by atoms with Gasteiger partial charge in [0.2, 0.25) is 10.0 Å². The van der Waals surface area contributed by atoms with Crippen LogP contribution in [0.2, 0.25) is 15.1 Å². The van der Waals surface area contributed by atoms with Gasteiger partial charge in [-0.05, 0) is 49.1 Å². The second kappa shape index (κ2) is 8.59. The summed E-state index contributed by atoms with van der Waals surface area (Å²) in [5, 5.41) is 0.614. The standard InChI is InChI=1S/C19H18Cl3NO4S/c1-12-3-2-8-23(11-12)28(25,26)18-9-13(4-6-16(18)22)19(24)27-17-10-14(20)5-7-15(17)21/h4-7,9-10,12H,2-3,8,11H2,1H3. The molecule has 1 heterocycles. The van der Waals surface area contributed by atoms with Crippen LogP contribution in [0.1, 0.15) is 30.1 Å². The number of esters is 1. The molecule has 5 nitrogen and oxygen atoms in total. The van der Waals surface area contributed by atoms with E-state index in [1.54, 1.807) is 6.07 Å². The van der Waals surface area contributed by atoms with Gasteiger partial charge in [0.1, 0.15) is 4.90 Å². The van der Waals surface area contributed by atoms with Gasteiger partial charge in [-0.25, -0.2) is 13.2 Å². The number of carbonyl (C=O) groups excluding carboxylic acids is 1. The van der Waals surface area contributed by atoms with Gasteiger partial charge in [0.15, 0.2) is 5.75 Å². The zero-order valence-corrected chi connectivity index (χ0v) is 18.1. The lowest BCUT2D eigenvalue weighted by molar-refractivity contribution is 0.0734. The predicted molar refractivity (Wildman–Crippen MR) is 110 cm³/mol. The van der Waals surface area contributed by atoms with Crippen molar-refractivity contribution in [3.8, 4) is 5.75 Å². The van der Waals surface area contributed by atoms with Crippen molar-refractivity contribution in [1.29, 1.82) is 0 Å². The molecule has 0 amide bonds. The fourth-order valence-corrected chi connectivity index (χ4v) is 5.46. The van der Waals surface area contributed by atoms with Crippen LogP contribution < -0.4 is 4.74 Å². The van der Waals surface area contributed by atoms with Crippen molar-refractivity contribution in [2.24, 2.45) is 5.92 Å². The Balaban J connectivity index is 1.90. The van der Waals surface area contributed by atoms with Crippen molar-refractivity contribution in [3.05, 3.63) is 57.0 Å². The van der Waals surface area contributed by atoms with E-state index >= 15 is 0 Å². The molecular formula is C19H18Cl3NO4S. The number of piperidine rings is 1. The fraction of sp³-hybridized carbons (Fsp3) is 0.316.